The number of fused-ring (bicyclic) bond motifs is 2. The van der Waals surface area contributed by atoms with Crippen molar-refractivity contribution < 1.29 is 4.79 Å². The van der Waals surface area contributed by atoms with E-state index in [4.69, 9.17) is 0 Å². The second-order valence-electron chi connectivity index (χ2n) is 10.1. The van der Waals surface area contributed by atoms with Crippen molar-refractivity contribution >= 4 is 17.4 Å². The molecule has 7 heteroatoms. The molecule has 1 N–H and O–H groups in total. The maximum atomic E-state index is 13.2. The van der Waals surface area contributed by atoms with Crippen molar-refractivity contribution in [3.05, 3.63) is 89.2 Å². The van der Waals surface area contributed by atoms with Gasteiger partial charge in [0.2, 0.25) is 5.91 Å². The van der Waals surface area contributed by atoms with Crippen LogP contribution in [0.5, 0.6) is 0 Å². The number of benzene rings is 2. The van der Waals surface area contributed by atoms with Gasteiger partial charge in [0.05, 0.1) is 0 Å². The topological polar surface area (TPSA) is 75.4 Å². The first-order valence-electron chi connectivity index (χ1n) is 12.6. The molecule has 1 aliphatic heterocycles. The fraction of sp³-hybridized carbons (Fsp3) is 0.357. The van der Waals surface area contributed by atoms with Gasteiger partial charge in [0.15, 0.2) is 5.65 Å². The standard InChI is InChI=1S/C28H28N6O/c35-28(18-11-13-33(14-12-18)26-10-9-25-31-30-17-34(25)32-26)29-16-19-15-24-20-5-1-3-7-22(20)27(19)23-8-4-2-6-21(23)24/h1-10,17-19,24,27H,11-16H2,(H,29,35). The van der Waals surface area contributed by atoms with E-state index in [0.29, 0.717) is 17.8 Å². The third kappa shape index (κ3) is 3.40. The van der Waals surface area contributed by atoms with Crippen LogP contribution < -0.4 is 10.2 Å². The molecule has 2 aromatic carbocycles. The Kier molecular flexibility index (Phi) is 4.82. The van der Waals surface area contributed by atoms with Crippen molar-refractivity contribution in [2.24, 2.45) is 11.8 Å². The Labute approximate surface area is 204 Å². The van der Waals surface area contributed by atoms with Gasteiger partial charge in [-0.1, -0.05) is 48.5 Å². The van der Waals surface area contributed by atoms with Crippen LogP contribution in [0.2, 0.25) is 0 Å². The number of rotatable bonds is 4. The Morgan fingerprint density at radius 2 is 1.60 bits per heavy atom. The van der Waals surface area contributed by atoms with Gasteiger partial charge in [-0.3, -0.25) is 4.79 Å². The number of aromatic nitrogens is 4. The van der Waals surface area contributed by atoms with E-state index in [0.717, 1.165) is 50.4 Å². The van der Waals surface area contributed by atoms with Crippen LogP contribution in [0.15, 0.2) is 67.0 Å². The van der Waals surface area contributed by atoms with Crippen LogP contribution in [0, 0.1) is 11.8 Å². The van der Waals surface area contributed by atoms with Crippen LogP contribution in [0.4, 0.5) is 5.82 Å². The Morgan fingerprint density at radius 1 is 0.914 bits per heavy atom. The lowest BCUT2D eigenvalue weighted by atomic mass is 9.59. The van der Waals surface area contributed by atoms with Gasteiger partial charge in [0, 0.05) is 37.4 Å². The van der Waals surface area contributed by atoms with E-state index in [1.165, 1.54) is 22.3 Å². The second-order valence-corrected chi connectivity index (χ2v) is 10.1. The molecule has 0 spiro atoms. The third-order valence-electron chi connectivity index (χ3n) is 8.30. The van der Waals surface area contributed by atoms with Crippen LogP contribution in [0.3, 0.4) is 0 Å². The minimum Gasteiger partial charge on any atom is -0.356 e. The number of carbonyl (C=O) groups excluding carboxylic acids is 1. The molecule has 0 saturated carbocycles. The van der Waals surface area contributed by atoms with Gasteiger partial charge in [-0.15, -0.1) is 15.3 Å². The lowest BCUT2D eigenvalue weighted by molar-refractivity contribution is -0.125. The summed E-state index contributed by atoms with van der Waals surface area (Å²) in [6, 6.07) is 21.7. The second kappa shape index (κ2) is 8.18. The van der Waals surface area contributed by atoms with Crippen molar-refractivity contribution in [3.8, 4) is 0 Å². The zero-order valence-electron chi connectivity index (χ0n) is 19.5. The number of nitrogens with one attached hydrogen (secondary N) is 1. The van der Waals surface area contributed by atoms with E-state index < -0.39 is 0 Å². The number of hydrogen-bond donors (Lipinski definition) is 1. The summed E-state index contributed by atoms with van der Waals surface area (Å²) in [5.41, 5.74) is 6.60. The molecule has 0 radical (unpaired) electrons. The third-order valence-corrected chi connectivity index (χ3v) is 8.30. The van der Waals surface area contributed by atoms with Crippen molar-refractivity contribution in [1.82, 2.24) is 25.1 Å². The predicted molar refractivity (Wildman–Crippen MR) is 133 cm³/mol. The highest BCUT2D eigenvalue weighted by Crippen LogP contribution is 2.55. The van der Waals surface area contributed by atoms with Gasteiger partial charge in [0.1, 0.15) is 12.1 Å². The van der Waals surface area contributed by atoms with Crippen LogP contribution >= 0.6 is 0 Å². The highest BCUT2D eigenvalue weighted by molar-refractivity contribution is 5.79. The molecule has 7 nitrogen and oxygen atoms in total. The van der Waals surface area contributed by atoms with Gasteiger partial charge >= 0.3 is 0 Å². The molecular weight excluding hydrogens is 436 g/mol. The highest BCUT2D eigenvalue weighted by Gasteiger charge is 2.43. The largest absolute Gasteiger partial charge is 0.356 e. The van der Waals surface area contributed by atoms with E-state index >= 15 is 0 Å². The summed E-state index contributed by atoms with van der Waals surface area (Å²) in [7, 11) is 0. The summed E-state index contributed by atoms with van der Waals surface area (Å²) in [6.07, 6.45) is 4.41. The lowest BCUT2D eigenvalue weighted by Gasteiger charge is -2.45. The SMILES string of the molecule is O=C(NCC1CC2c3ccccc3C1c1ccccc12)C1CCN(c2ccc3nncn3n2)CC1. The maximum Gasteiger partial charge on any atom is 0.223 e. The Balaban J connectivity index is 1.01. The first-order chi connectivity index (χ1) is 17.3. The summed E-state index contributed by atoms with van der Waals surface area (Å²) in [5, 5.41) is 15.9. The molecule has 1 amide bonds. The van der Waals surface area contributed by atoms with Gasteiger partial charge in [-0.25, -0.2) is 0 Å². The maximum absolute atomic E-state index is 13.2. The van der Waals surface area contributed by atoms with Crippen LogP contribution in [0.25, 0.3) is 5.65 Å². The quantitative estimate of drug-likeness (QED) is 0.498. The number of amides is 1. The monoisotopic (exact) mass is 464 g/mol. The molecule has 1 atom stereocenters. The molecule has 35 heavy (non-hydrogen) atoms. The van der Waals surface area contributed by atoms with E-state index in [2.05, 4.69) is 74.0 Å². The molecule has 3 aliphatic carbocycles. The van der Waals surface area contributed by atoms with Crippen molar-refractivity contribution in [2.75, 3.05) is 24.5 Å². The number of piperidine rings is 1. The first kappa shape index (κ1) is 20.6. The van der Waals surface area contributed by atoms with Gasteiger partial charge in [-0.05, 0) is 59.6 Å². The van der Waals surface area contributed by atoms with E-state index in [1.807, 2.05) is 12.1 Å². The van der Waals surface area contributed by atoms with E-state index in [-0.39, 0.29) is 11.8 Å². The summed E-state index contributed by atoms with van der Waals surface area (Å²) in [4.78, 5) is 15.4. The van der Waals surface area contributed by atoms with Gasteiger partial charge < -0.3 is 10.2 Å². The zero-order valence-corrected chi connectivity index (χ0v) is 19.5. The number of carbonyl (C=O) groups is 1. The zero-order chi connectivity index (χ0) is 23.4. The van der Waals surface area contributed by atoms with Crippen LogP contribution in [-0.4, -0.2) is 45.4 Å². The smallest absolute Gasteiger partial charge is 0.223 e. The minimum atomic E-state index is 0.0604. The lowest BCUT2D eigenvalue weighted by Crippen LogP contribution is -2.44. The normalized spacial score (nSPS) is 23.2. The van der Waals surface area contributed by atoms with Gasteiger partial charge in [0.25, 0.3) is 0 Å². The van der Waals surface area contributed by atoms with Crippen molar-refractivity contribution in [1.29, 1.82) is 0 Å². The van der Waals surface area contributed by atoms with E-state index in [9.17, 15) is 4.79 Å². The molecule has 8 rings (SSSR count). The molecular formula is C28H28N6O. The van der Waals surface area contributed by atoms with E-state index in [1.54, 1.807) is 10.8 Å². The number of nitrogens with zero attached hydrogens (tertiary/aromatic N) is 5. The highest BCUT2D eigenvalue weighted by atomic mass is 16.1. The van der Waals surface area contributed by atoms with Gasteiger partial charge in [-0.2, -0.15) is 4.52 Å². The Hall–Kier alpha value is -3.74. The molecule has 2 bridgehead atoms. The molecule has 1 saturated heterocycles. The summed E-state index contributed by atoms with van der Waals surface area (Å²) >= 11 is 0. The molecule has 4 aromatic rings. The molecule has 1 fully saturated rings. The van der Waals surface area contributed by atoms with Crippen molar-refractivity contribution in [3.63, 3.8) is 0 Å². The summed E-state index contributed by atoms with van der Waals surface area (Å²) in [5.74, 6) is 2.42. The average Bonchev–Trinajstić information content (AvgIpc) is 3.40. The number of anilines is 1. The fourth-order valence-corrected chi connectivity index (χ4v) is 6.59. The predicted octanol–water partition coefficient (Wildman–Crippen LogP) is 3.75. The molecule has 1 unspecified atom stereocenters. The first-order valence-corrected chi connectivity index (χ1v) is 12.6. The average molecular weight is 465 g/mol. The fourth-order valence-electron chi connectivity index (χ4n) is 6.59. The molecule has 176 valence electrons. The van der Waals surface area contributed by atoms with Crippen molar-refractivity contribution in [2.45, 2.75) is 31.1 Å². The molecule has 3 heterocycles. The Bertz CT molecular complexity index is 1360. The summed E-state index contributed by atoms with van der Waals surface area (Å²) < 4.78 is 1.70. The molecule has 4 aliphatic rings. The minimum absolute atomic E-state index is 0.0604. The Morgan fingerprint density at radius 3 is 2.31 bits per heavy atom. The van der Waals surface area contributed by atoms with Crippen LogP contribution in [0.1, 0.15) is 53.4 Å². The molecule has 2 aromatic heterocycles. The number of hydrogen-bond acceptors (Lipinski definition) is 5. The summed E-state index contributed by atoms with van der Waals surface area (Å²) in [6.45, 7) is 2.40. The van der Waals surface area contributed by atoms with Crippen LogP contribution in [-0.2, 0) is 4.79 Å².